The van der Waals surface area contributed by atoms with Crippen LogP contribution in [0.15, 0.2) is 0 Å². The summed E-state index contributed by atoms with van der Waals surface area (Å²) in [7, 11) is -3.15. The van der Waals surface area contributed by atoms with Gasteiger partial charge in [0.1, 0.15) is 5.37 Å². The molecule has 0 saturated carbocycles. The fraction of sp³-hybridized carbons (Fsp3) is 0.917. The molecule has 0 aromatic rings. The molecule has 2 atom stereocenters. The first-order chi connectivity index (χ1) is 9.08. The monoisotopic (exact) mass is 289 g/mol. The van der Waals surface area contributed by atoms with E-state index < -0.39 is 15.2 Å². The predicted molar refractivity (Wildman–Crippen MR) is 73.6 cm³/mol. The topological polar surface area (TPSA) is 87.3 Å². The zero-order valence-electron chi connectivity index (χ0n) is 11.2. The van der Waals surface area contributed by atoms with E-state index in [1.807, 2.05) is 0 Å². The standard InChI is InChI=1S/C12H23N3O3S/c16-12(14-10-5-1-3-7-13-9-10)15-11-6-2-4-8-19(11,17)18/h10-11,13H,1-9H2,(H2,14,15,16). The number of nitrogens with one attached hydrogen (secondary N) is 3. The maximum atomic E-state index is 11.9. The van der Waals surface area contributed by atoms with Gasteiger partial charge in [0, 0.05) is 12.6 Å². The van der Waals surface area contributed by atoms with Gasteiger partial charge in [-0.05, 0) is 38.6 Å². The molecule has 2 fully saturated rings. The van der Waals surface area contributed by atoms with Crippen molar-refractivity contribution in [2.45, 2.75) is 49.9 Å². The molecular formula is C12H23N3O3S. The lowest BCUT2D eigenvalue weighted by Crippen LogP contribution is -2.51. The van der Waals surface area contributed by atoms with Gasteiger partial charge in [0.2, 0.25) is 0 Å². The molecule has 0 aromatic carbocycles. The molecule has 2 heterocycles. The molecule has 0 radical (unpaired) electrons. The quantitative estimate of drug-likeness (QED) is 0.684. The van der Waals surface area contributed by atoms with Crippen molar-refractivity contribution in [3.8, 4) is 0 Å². The number of hydrogen-bond donors (Lipinski definition) is 3. The lowest BCUT2D eigenvalue weighted by Gasteiger charge is -2.25. The molecule has 7 heteroatoms. The van der Waals surface area contributed by atoms with Gasteiger partial charge in [0.05, 0.1) is 5.75 Å². The Labute approximate surface area is 114 Å². The number of amides is 2. The molecule has 19 heavy (non-hydrogen) atoms. The van der Waals surface area contributed by atoms with Gasteiger partial charge in [-0.2, -0.15) is 0 Å². The number of carbonyl (C=O) groups is 1. The van der Waals surface area contributed by atoms with Crippen molar-refractivity contribution in [2.24, 2.45) is 0 Å². The lowest BCUT2D eigenvalue weighted by atomic mass is 10.1. The summed E-state index contributed by atoms with van der Waals surface area (Å²) in [5.74, 6) is 0.183. The summed E-state index contributed by atoms with van der Waals surface area (Å²) in [6, 6.07) is -0.266. The third kappa shape index (κ3) is 4.35. The van der Waals surface area contributed by atoms with Gasteiger partial charge in [-0.1, -0.05) is 6.42 Å². The van der Waals surface area contributed by atoms with Crippen LogP contribution in [0.4, 0.5) is 4.79 Å². The molecule has 2 saturated heterocycles. The van der Waals surface area contributed by atoms with E-state index in [0.717, 1.165) is 38.8 Å². The summed E-state index contributed by atoms with van der Waals surface area (Å²) in [4.78, 5) is 11.9. The first-order valence-corrected chi connectivity index (χ1v) is 8.79. The number of rotatable bonds is 2. The van der Waals surface area contributed by atoms with Crippen LogP contribution in [0.3, 0.4) is 0 Å². The third-order valence-electron chi connectivity index (χ3n) is 3.75. The maximum absolute atomic E-state index is 11.9. The van der Waals surface area contributed by atoms with Gasteiger partial charge >= 0.3 is 6.03 Å². The highest BCUT2D eigenvalue weighted by Crippen LogP contribution is 2.17. The van der Waals surface area contributed by atoms with E-state index in [1.165, 1.54) is 0 Å². The average molecular weight is 289 g/mol. The van der Waals surface area contributed by atoms with Gasteiger partial charge < -0.3 is 16.0 Å². The highest BCUT2D eigenvalue weighted by Gasteiger charge is 2.30. The molecule has 0 bridgehead atoms. The maximum Gasteiger partial charge on any atom is 0.316 e. The molecule has 2 aliphatic heterocycles. The molecule has 2 aliphatic rings. The molecule has 2 rings (SSSR count). The zero-order chi connectivity index (χ0) is 13.7. The van der Waals surface area contributed by atoms with E-state index in [2.05, 4.69) is 16.0 Å². The van der Waals surface area contributed by atoms with Crippen LogP contribution >= 0.6 is 0 Å². The Kier molecular flexibility index (Phi) is 5.04. The van der Waals surface area contributed by atoms with Gasteiger partial charge in [-0.3, -0.25) is 0 Å². The number of carbonyl (C=O) groups excluding carboxylic acids is 1. The highest BCUT2D eigenvalue weighted by atomic mass is 32.2. The Hall–Kier alpha value is -0.820. The average Bonchev–Trinajstić information content (AvgIpc) is 2.60. The Morgan fingerprint density at radius 1 is 1.05 bits per heavy atom. The fourth-order valence-electron chi connectivity index (χ4n) is 2.63. The van der Waals surface area contributed by atoms with E-state index in [9.17, 15) is 13.2 Å². The normalized spacial score (nSPS) is 31.2. The van der Waals surface area contributed by atoms with E-state index in [-0.39, 0.29) is 17.8 Å². The van der Waals surface area contributed by atoms with Crippen molar-refractivity contribution in [3.63, 3.8) is 0 Å². The molecular weight excluding hydrogens is 266 g/mol. The molecule has 0 aliphatic carbocycles. The smallest absolute Gasteiger partial charge is 0.316 e. The predicted octanol–water partition coefficient (Wildman–Crippen LogP) is 0.353. The Balaban J connectivity index is 1.83. The first kappa shape index (κ1) is 14.6. The van der Waals surface area contributed by atoms with Crippen LogP contribution in [-0.4, -0.2) is 44.7 Å². The van der Waals surface area contributed by atoms with E-state index in [4.69, 9.17) is 0 Å². The first-order valence-electron chi connectivity index (χ1n) is 7.07. The van der Waals surface area contributed by atoms with Crippen molar-refractivity contribution in [2.75, 3.05) is 18.8 Å². The van der Waals surface area contributed by atoms with Gasteiger partial charge in [0.25, 0.3) is 0 Å². The van der Waals surface area contributed by atoms with Crippen LogP contribution in [0, 0.1) is 0 Å². The number of sulfone groups is 1. The molecule has 2 unspecified atom stereocenters. The number of hydrogen-bond acceptors (Lipinski definition) is 4. The molecule has 2 amide bonds. The van der Waals surface area contributed by atoms with Crippen LogP contribution in [0.1, 0.15) is 38.5 Å². The third-order valence-corrected chi connectivity index (χ3v) is 5.83. The summed E-state index contributed by atoms with van der Waals surface area (Å²) in [5, 5.41) is 8.03. The summed E-state index contributed by atoms with van der Waals surface area (Å²) >= 11 is 0. The van der Waals surface area contributed by atoms with Crippen LogP contribution in [0.5, 0.6) is 0 Å². The molecule has 6 nitrogen and oxygen atoms in total. The Bertz CT molecular complexity index is 402. The lowest BCUT2D eigenvalue weighted by molar-refractivity contribution is 0.234. The highest BCUT2D eigenvalue weighted by molar-refractivity contribution is 7.92. The molecule has 3 N–H and O–H groups in total. The van der Waals surface area contributed by atoms with E-state index in [1.54, 1.807) is 0 Å². The fourth-order valence-corrected chi connectivity index (χ4v) is 4.34. The molecule has 0 aromatic heterocycles. The summed E-state index contributed by atoms with van der Waals surface area (Å²) in [6.45, 7) is 1.74. The van der Waals surface area contributed by atoms with Gasteiger partial charge in [0.15, 0.2) is 9.84 Å². The Morgan fingerprint density at radius 2 is 1.84 bits per heavy atom. The second-order valence-electron chi connectivity index (χ2n) is 5.37. The van der Waals surface area contributed by atoms with Gasteiger partial charge in [-0.15, -0.1) is 0 Å². The minimum atomic E-state index is -3.15. The summed E-state index contributed by atoms with van der Waals surface area (Å²) in [5.41, 5.74) is 0. The zero-order valence-corrected chi connectivity index (χ0v) is 12.0. The SMILES string of the molecule is O=C(NC1CCCCNC1)NC1CCCCS1(=O)=O. The van der Waals surface area contributed by atoms with Crippen molar-refractivity contribution < 1.29 is 13.2 Å². The second kappa shape index (κ2) is 6.56. The van der Waals surface area contributed by atoms with E-state index in [0.29, 0.717) is 12.8 Å². The summed E-state index contributed by atoms with van der Waals surface area (Å²) < 4.78 is 23.6. The molecule has 0 spiro atoms. The van der Waals surface area contributed by atoms with Crippen molar-refractivity contribution in [3.05, 3.63) is 0 Å². The Morgan fingerprint density at radius 3 is 2.63 bits per heavy atom. The summed E-state index contributed by atoms with van der Waals surface area (Å²) in [6.07, 6.45) is 5.23. The van der Waals surface area contributed by atoms with E-state index >= 15 is 0 Å². The van der Waals surface area contributed by atoms with Crippen molar-refractivity contribution in [1.82, 2.24) is 16.0 Å². The largest absolute Gasteiger partial charge is 0.334 e. The molecule has 110 valence electrons. The van der Waals surface area contributed by atoms with Crippen LogP contribution in [0.2, 0.25) is 0 Å². The minimum Gasteiger partial charge on any atom is -0.334 e. The van der Waals surface area contributed by atoms with Crippen LogP contribution < -0.4 is 16.0 Å². The number of urea groups is 1. The van der Waals surface area contributed by atoms with Crippen molar-refractivity contribution >= 4 is 15.9 Å². The minimum absolute atomic E-state index is 0.0915. The van der Waals surface area contributed by atoms with Crippen LogP contribution in [0.25, 0.3) is 0 Å². The van der Waals surface area contributed by atoms with Crippen molar-refractivity contribution in [1.29, 1.82) is 0 Å². The second-order valence-corrected chi connectivity index (χ2v) is 7.67. The van der Waals surface area contributed by atoms with Gasteiger partial charge in [-0.25, -0.2) is 13.2 Å². The van der Waals surface area contributed by atoms with Crippen LogP contribution in [-0.2, 0) is 9.84 Å².